The highest BCUT2D eigenvalue weighted by Crippen LogP contribution is 2.51. The molecule has 0 saturated heterocycles. The summed E-state index contributed by atoms with van der Waals surface area (Å²) in [6.07, 6.45) is -4.79. The number of hydrogen-bond acceptors (Lipinski definition) is 0. The molecule has 0 unspecified atom stereocenters. The number of alkyl halides is 3. The van der Waals surface area contributed by atoms with Gasteiger partial charge in [-0.1, -0.05) is 145 Å². The van der Waals surface area contributed by atoms with Crippen molar-refractivity contribution in [3.05, 3.63) is 203 Å². The average Bonchev–Trinajstić information content (AvgIpc) is 3.77. The second-order valence-electron chi connectivity index (χ2n) is 15.2. The quantitative estimate of drug-likeness (QED) is 0.155. The summed E-state index contributed by atoms with van der Waals surface area (Å²) in [4.78, 5) is 7.92. The van der Waals surface area contributed by atoms with Crippen molar-refractivity contribution in [3.63, 3.8) is 0 Å². The normalized spacial score (nSPS) is 11.7. The summed E-state index contributed by atoms with van der Waals surface area (Å²) in [5.74, 6) is 0. The average molecular weight is 783 g/mol. The lowest BCUT2D eigenvalue weighted by atomic mass is 9.94. The van der Waals surface area contributed by atoms with Crippen LogP contribution in [-0.2, 0) is 6.18 Å². The van der Waals surface area contributed by atoms with Crippen LogP contribution in [0, 0.1) is 27.0 Å². The summed E-state index contributed by atoms with van der Waals surface area (Å²) >= 11 is 0. The fourth-order valence-corrected chi connectivity index (χ4v) is 8.89. The molecule has 0 radical (unpaired) electrons. The third-order valence-electron chi connectivity index (χ3n) is 11.5. The Hall–Kier alpha value is -7.87. The Balaban J connectivity index is 1.39. The van der Waals surface area contributed by atoms with Gasteiger partial charge in [-0.2, -0.15) is 13.2 Å². The van der Waals surface area contributed by atoms with Crippen molar-refractivity contribution in [3.8, 4) is 44.8 Å². The smallest absolute Gasteiger partial charge is 0.319 e. The van der Waals surface area contributed by atoms with Crippen molar-refractivity contribution < 1.29 is 13.2 Å². The zero-order valence-corrected chi connectivity index (χ0v) is 32.5. The van der Waals surface area contributed by atoms with E-state index in [0.717, 1.165) is 83.1 Å². The van der Waals surface area contributed by atoms with Crippen LogP contribution in [0.15, 0.2) is 164 Å². The lowest BCUT2D eigenvalue weighted by molar-refractivity contribution is -0.137. The summed E-state index contributed by atoms with van der Waals surface area (Å²) in [5.41, 5.74) is 8.96. The molecule has 0 saturated carbocycles. The van der Waals surface area contributed by atoms with Gasteiger partial charge in [0.05, 0.1) is 52.1 Å². The number of aryl methyl sites for hydroxylation is 2. The van der Waals surface area contributed by atoms with Gasteiger partial charge in [-0.3, -0.25) is 0 Å². The van der Waals surface area contributed by atoms with E-state index in [4.69, 9.17) is 13.1 Å². The minimum Gasteiger partial charge on any atom is -0.319 e. The van der Waals surface area contributed by atoms with Gasteiger partial charge in [0, 0.05) is 27.1 Å². The highest BCUT2D eigenvalue weighted by atomic mass is 19.4. The van der Waals surface area contributed by atoms with Crippen LogP contribution in [0.25, 0.3) is 98.1 Å². The van der Waals surface area contributed by atoms with Gasteiger partial charge < -0.3 is 9.13 Å². The highest BCUT2D eigenvalue weighted by Gasteiger charge is 2.36. The number of nitrogens with zero attached hydrogens (tertiary/aromatic N) is 4. The van der Waals surface area contributed by atoms with Crippen LogP contribution >= 0.6 is 0 Å². The number of halogens is 3. The molecule has 0 spiro atoms. The van der Waals surface area contributed by atoms with Gasteiger partial charge in [0.1, 0.15) is 0 Å². The third kappa shape index (κ3) is 5.74. The first-order chi connectivity index (χ1) is 29.1. The molecule has 0 aliphatic rings. The van der Waals surface area contributed by atoms with Crippen molar-refractivity contribution >= 4 is 55.0 Å². The van der Waals surface area contributed by atoms with E-state index in [1.807, 2.05) is 90.4 Å². The Morgan fingerprint density at radius 1 is 0.467 bits per heavy atom. The molecule has 0 N–H and O–H groups in total. The van der Waals surface area contributed by atoms with Gasteiger partial charge >= 0.3 is 6.18 Å². The van der Waals surface area contributed by atoms with E-state index in [-0.39, 0.29) is 28.2 Å². The van der Waals surface area contributed by atoms with E-state index in [2.05, 4.69) is 75.8 Å². The molecule has 0 aliphatic carbocycles. The molecule has 10 aromatic rings. The molecule has 7 heteroatoms. The van der Waals surface area contributed by atoms with Gasteiger partial charge in [0.25, 0.3) is 0 Å². The molecule has 0 fully saturated rings. The first-order valence-corrected chi connectivity index (χ1v) is 19.5. The summed E-state index contributed by atoms with van der Waals surface area (Å²) in [6.45, 7) is 21.2. The first-order valence-electron chi connectivity index (χ1n) is 19.5. The Morgan fingerprint density at radius 3 is 1.53 bits per heavy atom. The maximum Gasteiger partial charge on any atom is 0.415 e. The van der Waals surface area contributed by atoms with E-state index < -0.39 is 11.7 Å². The Morgan fingerprint density at radius 2 is 0.983 bits per heavy atom. The van der Waals surface area contributed by atoms with Crippen molar-refractivity contribution in [1.82, 2.24) is 9.13 Å². The van der Waals surface area contributed by atoms with Crippen LogP contribution < -0.4 is 0 Å². The number of para-hydroxylation sites is 2. The van der Waals surface area contributed by atoms with Crippen LogP contribution in [0.2, 0.25) is 0 Å². The van der Waals surface area contributed by atoms with Crippen molar-refractivity contribution in [2.75, 3.05) is 0 Å². The second-order valence-corrected chi connectivity index (χ2v) is 15.2. The molecule has 0 atom stereocenters. The van der Waals surface area contributed by atoms with Gasteiger partial charge in [-0.25, -0.2) is 9.69 Å². The van der Waals surface area contributed by atoms with Gasteiger partial charge in [0.2, 0.25) is 5.69 Å². The highest BCUT2D eigenvalue weighted by molar-refractivity contribution is 6.14. The first kappa shape index (κ1) is 36.5. The molecular formula is C53H33F3N4. The van der Waals surface area contributed by atoms with E-state index in [1.54, 1.807) is 12.1 Å². The number of benzene rings is 8. The summed E-state index contributed by atoms with van der Waals surface area (Å²) in [7, 11) is 0. The van der Waals surface area contributed by atoms with E-state index in [9.17, 15) is 0 Å². The molecule has 0 amide bonds. The zero-order valence-electron chi connectivity index (χ0n) is 32.5. The van der Waals surface area contributed by atoms with Crippen molar-refractivity contribution in [2.45, 2.75) is 20.0 Å². The van der Waals surface area contributed by atoms with Crippen molar-refractivity contribution in [1.29, 1.82) is 0 Å². The Kier molecular flexibility index (Phi) is 8.45. The summed E-state index contributed by atoms with van der Waals surface area (Å²) in [5, 5.41) is 3.70. The van der Waals surface area contributed by atoms with Crippen LogP contribution in [0.1, 0.15) is 16.7 Å². The predicted octanol–water partition coefficient (Wildman–Crippen LogP) is 15.6. The van der Waals surface area contributed by atoms with Crippen LogP contribution in [0.3, 0.4) is 0 Å². The largest absolute Gasteiger partial charge is 0.415 e. The number of fused-ring (bicyclic) bond motifs is 6. The van der Waals surface area contributed by atoms with E-state index >= 15 is 13.2 Å². The minimum absolute atomic E-state index is 0.133. The molecule has 0 aliphatic heterocycles. The Labute approximate surface area is 344 Å². The van der Waals surface area contributed by atoms with Crippen LogP contribution in [-0.4, -0.2) is 9.13 Å². The molecular weight excluding hydrogens is 750 g/mol. The lowest BCUT2D eigenvalue weighted by Crippen LogP contribution is -2.09. The third-order valence-corrected chi connectivity index (χ3v) is 11.5. The topological polar surface area (TPSA) is 18.6 Å². The minimum atomic E-state index is -4.79. The standard InChI is InChI=1S/C53H33F3N4/c1-32-12-9-14-34(28-32)36-22-24-40-38-16-5-7-20-45(38)59(48(40)30-36)47-27-26-42(50-43(53(54,55)56)18-11-19-44(50)57-3)52(51(47)58-4)60-46-21-8-6-17-39(46)41-25-23-37(31-49(41)60)35-15-10-13-33(2)29-35/h5-31H,1-2H3. The number of rotatable bonds is 5. The van der Waals surface area contributed by atoms with Crippen LogP contribution in [0.4, 0.5) is 24.5 Å². The fourth-order valence-electron chi connectivity index (χ4n) is 8.89. The Bertz CT molecular complexity index is 3480. The molecule has 2 aromatic heterocycles. The fraction of sp³-hybridized carbons (Fsp3) is 0.0566. The monoisotopic (exact) mass is 782 g/mol. The number of hydrogen-bond donors (Lipinski definition) is 0. The van der Waals surface area contributed by atoms with Gasteiger partial charge in [-0.05, 0) is 72.0 Å². The van der Waals surface area contributed by atoms with Crippen LogP contribution in [0.5, 0.6) is 0 Å². The molecule has 8 aromatic carbocycles. The van der Waals surface area contributed by atoms with Gasteiger partial charge in [-0.15, -0.1) is 0 Å². The molecule has 0 bridgehead atoms. The maximum atomic E-state index is 15.2. The molecule has 10 rings (SSSR count). The van der Waals surface area contributed by atoms with E-state index in [1.165, 1.54) is 12.1 Å². The molecule has 2 heterocycles. The summed E-state index contributed by atoms with van der Waals surface area (Å²) in [6, 6.07) is 51.8. The predicted molar refractivity (Wildman–Crippen MR) is 238 cm³/mol. The van der Waals surface area contributed by atoms with Crippen molar-refractivity contribution in [2.24, 2.45) is 0 Å². The SMILES string of the molecule is [C-]#[N+]c1cccc(C(F)(F)F)c1-c1ccc(-n2c3ccccc3c3ccc(-c4cccc(C)c4)cc32)c([N+]#[C-])c1-n1c2ccccc2c2ccc(-c3cccc(C)c3)cc21. The molecule has 286 valence electrons. The lowest BCUT2D eigenvalue weighted by Gasteiger charge is -2.23. The molecule has 4 nitrogen and oxygen atoms in total. The summed E-state index contributed by atoms with van der Waals surface area (Å²) < 4.78 is 49.5. The number of aromatic nitrogens is 2. The zero-order chi connectivity index (χ0) is 41.3. The molecule has 60 heavy (non-hydrogen) atoms. The second kappa shape index (κ2) is 13.9. The maximum absolute atomic E-state index is 15.2. The van der Waals surface area contributed by atoms with Gasteiger partial charge in [0.15, 0.2) is 5.69 Å². The van der Waals surface area contributed by atoms with E-state index in [0.29, 0.717) is 5.69 Å².